The van der Waals surface area contributed by atoms with Crippen molar-refractivity contribution in [3.05, 3.63) is 55.4 Å². The number of nitrogens with zero attached hydrogens (tertiary/aromatic N) is 1. The van der Waals surface area contributed by atoms with Crippen LogP contribution in [0.2, 0.25) is 0 Å². The van der Waals surface area contributed by atoms with E-state index in [1.165, 1.54) is 0 Å². The second kappa shape index (κ2) is 5.90. The molecule has 0 fully saturated rings. The maximum absolute atomic E-state index is 13.3. The molecule has 1 aliphatic rings. The summed E-state index contributed by atoms with van der Waals surface area (Å²) in [7, 11) is 0. The van der Waals surface area contributed by atoms with Crippen molar-refractivity contribution in [2.45, 2.75) is 45.8 Å². The number of aryl methyl sites for hydroxylation is 1. The lowest BCUT2D eigenvalue weighted by molar-refractivity contribution is -0.0543. The molecule has 0 saturated carbocycles. The number of benzene rings is 1. The van der Waals surface area contributed by atoms with E-state index in [0.717, 1.165) is 44.7 Å². The maximum atomic E-state index is 13.3. The van der Waals surface area contributed by atoms with E-state index in [1.54, 1.807) is 15.9 Å². The third kappa shape index (κ3) is 2.69. The van der Waals surface area contributed by atoms with Crippen molar-refractivity contribution >= 4 is 33.8 Å². The number of aromatic amines is 1. The van der Waals surface area contributed by atoms with Crippen molar-refractivity contribution in [2.75, 3.05) is 0 Å². The molecule has 0 unspecified atom stereocenters. The van der Waals surface area contributed by atoms with Gasteiger partial charge in [0.1, 0.15) is 4.83 Å². The van der Waals surface area contributed by atoms with E-state index < -0.39 is 0 Å². The van der Waals surface area contributed by atoms with Crippen LogP contribution in [-0.2, 0) is 17.8 Å². The van der Waals surface area contributed by atoms with Crippen LogP contribution in [0, 0.1) is 11.7 Å². The fourth-order valence-corrected chi connectivity index (χ4v) is 4.78. The monoisotopic (exact) mass is 372 g/mol. The number of nitrogens with one attached hydrogen (secondary N) is 1. The predicted molar refractivity (Wildman–Crippen MR) is 105 cm³/mol. The van der Waals surface area contributed by atoms with Crippen LogP contribution in [-0.4, -0.2) is 15.2 Å². The molecular weight excluding hydrogens is 352 g/mol. The topological polar surface area (TPSA) is 47.0 Å². The highest BCUT2D eigenvalue weighted by molar-refractivity contribution is 7.71. The molecule has 0 spiro atoms. The summed E-state index contributed by atoms with van der Waals surface area (Å²) < 4.78 is 8.06. The zero-order valence-electron chi connectivity index (χ0n) is 14.5. The molecule has 6 heteroatoms. The van der Waals surface area contributed by atoms with E-state index in [9.17, 15) is 4.79 Å². The minimum atomic E-state index is -0.214. The van der Waals surface area contributed by atoms with Gasteiger partial charge in [0.25, 0.3) is 5.56 Å². The van der Waals surface area contributed by atoms with Crippen LogP contribution in [0.4, 0.5) is 0 Å². The quantitative estimate of drug-likeness (QED) is 0.666. The highest BCUT2D eigenvalue weighted by atomic mass is 32.1. The summed E-state index contributed by atoms with van der Waals surface area (Å²) >= 11 is 7.06. The average Bonchev–Trinajstić information content (AvgIpc) is 2.93. The van der Waals surface area contributed by atoms with Gasteiger partial charge in [0, 0.05) is 11.3 Å². The van der Waals surface area contributed by atoms with Crippen molar-refractivity contribution in [1.82, 2.24) is 9.55 Å². The molecule has 0 radical (unpaired) electrons. The number of rotatable bonds is 2. The highest BCUT2D eigenvalue weighted by Crippen LogP contribution is 2.38. The van der Waals surface area contributed by atoms with E-state index in [1.807, 2.05) is 31.2 Å². The predicted octanol–water partition coefficient (Wildman–Crippen LogP) is 4.66. The van der Waals surface area contributed by atoms with E-state index in [0.29, 0.717) is 11.4 Å². The van der Waals surface area contributed by atoms with Gasteiger partial charge in [-0.1, -0.05) is 24.6 Å². The molecule has 0 saturated heterocycles. The first-order valence-corrected chi connectivity index (χ1v) is 9.65. The van der Waals surface area contributed by atoms with Crippen LogP contribution in [0.25, 0.3) is 15.9 Å². The second-order valence-electron chi connectivity index (χ2n) is 6.88. The fourth-order valence-electron chi connectivity index (χ4n) is 3.31. The number of hydrogen-bond donors (Lipinski definition) is 1. The largest absolute Gasteiger partial charge is 0.369 e. The van der Waals surface area contributed by atoms with Crippen molar-refractivity contribution < 1.29 is 4.74 Å². The molecule has 2 aromatic heterocycles. The molecule has 4 rings (SSSR count). The summed E-state index contributed by atoms with van der Waals surface area (Å²) in [4.78, 5) is 18.5. The van der Waals surface area contributed by atoms with Gasteiger partial charge in [-0.05, 0) is 50.2 Å². The van der Waals surface area contributed by atoms with E-state index in [2.05, 4.69) is 18.8 Å². The summed E-state index contributed by atoms with van der Waals surface area (Å²) in [5.74, 6) is 0. The summed E-state index contributed by atoms with van der Waals surface area (Å²) in [6, 6.07) is 7.85. The standard InChI is InChI=1S/C19H20N2O2S2/c1-4-19(3)9-13-14(10-23-19)25-16-15(13)17(22)21(18(24)20-16)12-7-5-11(2)6-8-12/h5-8H,4,9-10H2,1-3H3,(H,20,24)/t19-/m1/s1. The molecule has 3 heterocycles. The molecule has 0 aliphatic carbocycles. The average molecular weight is 373 g/mol. The van der Waals surface area contributed by atoms with Gasteiger partial charge >= 0.3 is 0 Å². The zero-order chi connectivity index (χ0) is 17.8. The molecule has 4 nitrogen and oxygen atoms in total. The molecule has 1 aliphatic heterocycles. The van der Waals surface area contributed by atoms with Gasteiger partial charge < -0.3 is 9.72 Å². The van der Waals surface area contributed by atoms with Crippen molar-refractivity contribution in [3.63, 3.8) is 0 Å². The fraction of sp³-hybridized carbons (Fsp3) is 0.368. The molecule has 0 amide bonds. The van der Waals surface area contributed by atoms with E-state index >= 15 is 0 Å². The summed E-state index contributed by atoms with van der Waals surface area (Å²) in [5.41, 5.74) is 2.81. The SMILES string of the molecule is CC[C@]1(C)Cc2c(sc3[nH]c(=S)n(-c4ccc(C)cc4)c(=O)c23)CO1. The Bertz CT molecular complexity index is 1080. The number of aromatic nitrogens is 2. The summed E-state index contributed by atoms with van der Waals surface area (Å²) in [5, 5.41) is 0.761. The van der Waals surface area contributed by atoms with Gasteiger partial charge in [0.05, 0.1) is 23.3 Å². The number of ether oxygens (including phenoxy) is 1. The van der Waals surface area contributed by atoms with Gasteiger partial charge in [-0.15, -0.1) is 11.3 Å². The molecular formula is C19H20N2O2S2. The number of thiophene rings is 1. The van der Waals surface area contributed by atoms with Gasteiger partial charge in [-0.2, -0.15) is 0 Å². The Balaban J connectivity index is 1.99. The lowest BCUT2D eigenvalue weighted by Gasteiger charge is -2.32. The normalized spacial score (nSPS) is 20.0. The molecule has 1 aromatic carbocycles. The Morgan fingerprint density at radius 2 is 2.08 bits per heavy atom. The van der Waals surface area contributed by atoms with E-state index in [-0.39, 0.29) is 11.2 Å². The minimum Gasteiger partial charge on any atom is -0.369 e. The van der Waals surface area contributed by atoms with Crippen LogP contribution >= 0.6 is 23.6 Å². The smallest absolute Gasteiger partial charge is 0.267 e. The molecule has 1 N–H and O–H groups in total. The Morgan fingerprint density at radius 3 is 2.76 bits per heavy atom. The van der Waals surface area contributed by atoms with Gasteiger partial charge in [0.15, 0.2) is 4.77 Å². The molecule has 25 heavy (non-hydrogen) atoms. The first kappa shape index (κ1) is 16.7. The number of hydrogen-bond acceptors (Lipinski definition) is 4. The Morgan fingerprint density at radius 1 is 1.36 bits per heavy atom. The van der Waals surface area contributed by atoms with Crippen LogP contribution < -0.4 is 5.56 Å². The Kier molecular flexibility index (Phi) is 3.94. The highest BCUT2D eigenvalue weighted by Gasteiger charge is 2.33. The first-order valence-electron chi connectivity index (χ1n) is 8.42. The van der Waals surface area contributed by atoms with Crippen LogP contribution in [0.3, 0.4) is 0 Å². The Labute approximate surface area is 155 Å². The van der Waals surface area contributed by atoms with Gasteiger partial charge in [-0.25, -0.2) is 0 Å². The zero-order valence-corrected chi connectivity index (χ0v) is 16.1. The van der Waals surface area contributed by atoms with Crippen molar-refractivity contribution in [3.8, 4) is 5.69 Å². The Hall–Kier alpha value is -1.76. The summed E-state index contributed by atoms with van der Waals surface area (Å²) in [6.07, 6.45) is 1.67. The lowest BCUT2D eigenvalue weighted by Crippen LogP contribution is -2.34. The van der Waals surface area contributed by atoms with Crippen LogP contribution in [0.15, 0.2) is 29.1 Å². The second-order valence-corrected chi connectivity index (χ2v) is 8.37. The summed E-state index contributed by atoms with van der Waals surface area (Å²) in [6.45, 7) is 6.82. The third-order valence-corrected chi connectivity index (χ3v) is 6.48. The molecule has 130 valence electrons. The molecule has 1 atom stereocenters. The van der Waals surface area contributed by atoms with Crippen LogP contribution in [0.5, 0.6) is 0 Å². The third-order valence-electron chi connectivity index (χ3n) is 5.07. The molecule has 0 bridgehead atoms. The molecule has 3 aromatic rings. The van der Waals surface area contributed by atoms with Crippen molar-refractivity contribution in [2.24, 2.45) is 0 Å². The van der Waals surface area contributed by atoms with Crippen LogP contribution in [0.1, 0.15) is 36.3 Å². The minimum absolute atomic E-state index is 0.0412. The maximum Gasteiger partial charge on any atom is 0.267 e. The van der Waals surface area contributed by atoms with Gasteiger partial charge in [0.2, 0.25) is 0 Å². The number of H-pyrrole nitrogens is 1. The van der Waals surface area contributed by atoms with Gasteiger partial charge in [-0.3, -0.25) is 9.36 Å². The van der Waals surface area contributed by atoms with Crippen molar-refractivity contribution in [1.29, 1.82) is 0 Å². The van der Waals surface area contributed by atoms with E-state index in [4.69, 9.17) is 17.0 Å². The number of fused-ring (bicyclic) bond motifs is 3. The lowest BCUT2D eigenvalue weighted by atomic mass is 9.90. The first-order chi connectivity index (χ1) is 11.9.